The van der Waals surface area contributed by atoms with Gasteiger partial charge in [-0.3, -0.25) is 10.2 Å². The molecule has 1 aliphatic carbocycles. The highest BCUT2D eigenvalue weighted by molar-refractivity contribution is 7.94. The number of carbonyl (C=O) groups is 1. The third-order valence-corrected chi connectivity index (χ3v) is 2.95. The smallest absolute Gasteiger partial charge is 0.180 e. The van der Waals surface area contributed by atoms with E-state index in [2.05, 4.69) is 0 Å². The highest BCUT2D eigenvalue weighted by atomic mass is 32.2. The first kappa shape index (κ1) is 9.12. The van der Waals surface area contributed by atoms with E-state index in [9.17, 15) is 13.2 Å². The molecular formula is C7H9NO3S. The Balaban J connectivity index is 3.06. The topological polar surface area (TPSA) is 75.1 Å². The molecule has 1 N–H and O–H groups in total. The quantitative estimate of drug-likeness (QED) is 0.641. The summed E-state index contributed by atoms with van der Waals surface area (Å²) in [6, 6.07) is 0. The number of rotatable bonds is 1. The van der Waals surface area contributed by atoms with Gasteiger partial charge in [0.25, 0.3) is 0 Å². The van der Waals surface area contributed by atoms with Gasteiger partial charge in [-0.15, -0.1) is 0 Å². The second kappa shape index (κ2) is 2.82. The summed E-state index contributed by atoms with van der Waals surface area (Å²) >= 11 is 0. The Morgan fingerprint density at radius 3 is 2.42 bits per heavy atom. The van der Waals surface area contributed by atoms with E-state index in [-0.39, 0.29) is 29.2 Å². The molecule has 5 heteroatoms. The van der Waals surface area contributed by atoms with Gasteiger partial charge in [-0.1, -0.05) is 0 Å². The first-order valence-corrected chi connectivity index (χ1v) is 5.33. The molecule has 0 radical (unpaired) electrons. The predicted octanol–water partition coefficient (Wildman–Crippen LogP) is 0.298. The summed E-state index contributed by atoms with van der Waals surface area (Å²) in [5.41, 5.74) is -0.207. The second-order valence-electron chi connectivity index (χ2n) is 2.72. The lowest BCUT2D eigenvalue weighted by Crippen LogP contribution is -2.18. The molecule has 12 heavy (non-hydrogen) atoms. The molecule has 0 amide bonds. The summed E-state index contributed by atoms with van der Waals surface area (Å²) in [5, 5.41) is 7.11. The summed E-state index contributed by atoms with van der Waals surface area (Å²) in [7, 11) is -3.21. The van der Waals surface area contributed by atoms with Crippen LogP contribution in [0.3, 0.4) is 0 Å². The molecule has 66 valence electrons. The maximum Gasteiger partial charge on any atom is 0.180 e. The Labute approximate surface area is 70.7 Å². The minimum atomic E-state index is -3.21. The Hall–Kier alpha value is -0.970. The summed E-state index contributed by atoms with van der Waals surface area (Å²) in [6.07, 6.45) is 2.60. The normalized spacial score (nSPS) is 19.2. The van der Waals surface area contributed by atoms with E-state index in [4.69, 9.17) is 5.41 Å². The van der Waals surface area contributed by atoms with Gasteiger partial charge in [0.05, 0.1) is 5.71 Å². The molecule has 1 aliphatic rings. The van der Waals surface area contributed by atoms with Crippen molar-refractivity contribution >= 4 is 21.3 Å². The molecule has 4 nitrogen and oxygen atoms in total. The maximum atomic E-state index is 11.0. The monoisotopic (exact) mass is 187 g/mol. The van der Waals surface area contributed by atoms with Crippen LogP contribution in [0.1, 0.15) is 12.8 Å². The Kier molecular flexibility index (Phi) is 2.14. The Morgan fingerprint density at radius 2 is 2.00 bits per heavy atom. The number of carbonyl (C=O) groups excluding carboxylic acids is 1. The largest absolute Gasteiger partial charge is 0.297 e. The highest BCUT2D eigenvalue weighted by Gasteiger charge is 2.21. The van der Waals surface area contributed by atoms with E-state index >= 15 is 0 Å². The molecule has 0 heterocycles. The molecule has 0 spiro atoms. The number of Topliss-reactive ketones (excluding diaryl/α,β-unsaturated/α-hetero) is 1. The summed E-state index contributed by atoms with van der Waals surface area (Å²) in [6.45, 7) is 0. The standard InChI is InChI=1S/C7H9NO3S/c1-12(10,11)5-2-3-7(9)6(8)4-5/h4,8H,2-3H2,1H3. The van der Waals surface area contributed by atoms with E-state index in [0.29, 0.717) is 0 Å². The molecule has 0 atom stereocenters. The van der Waals surface area contributed by atoms with Crippen molar-refractivity contribution in [2.24, 2.45) is 0 Å². The van der Waals surface area contributed by atoms with Crippen LogP contribution >= 0.6 is 0 Å². The third kappa shape index (κ3) is 1.79. The van der Waals surface area contributed by atoms with Crippen molar-refractivity contribution in [3.05, 3.63) is 11.0 Å². The molecule has 0 saturated carbocycles. The average Bonchev–Trinajstić information content (AvgIpc) is 1.92. The molecular weight excluding hydrogens is 178 g/mol. The predicted molar refractivity (Wildman–Crippen MR) is 44.9 cm³/mol. The summed E-state index contributed by atoms with van der Waals surface area (Å²) in [5.74, 6) is -0.289. The lowest BCUT2D eigenvalue weighted by molar-refractivity contribution is -0.113. The van der Waals surface area contributed by atoms with E-state index in [1.54, 1.807) is 0 Å². The number of allylic oxidation sites excluding steroid dienone is 2. The SMILES string of the molecule is CS(=O)(=O)C1=CC(=N)C(=O)CC1. The first-order valence-electron chi connectivity index (χ1n) is 3.43. The van der Waals surface area contributed by atoms with Crippen LogP contribution in [0.25, 0.3) is 0 Å². The number of hydrogen-bond donors (Lipinski definition) is 1. The van der Waals surface area contributed by atoms with Gasteiger partial charge in [-0.2, -0.15) is 0 Å². The van der Waals surface area contributed by atoms with Gasteiger partial charge < -0.3 is 0 Å². The van der Waals surface area contributed by atoms with E-state index in [1.807, 2.05) is 0 Å². The van der Waals surface area contributed by atoms with E-state index in [1.165, 1.54) is 0 Å². The Bertz CT molecular complexity index is 364. The van der Waals surface area contributed by atoms with Crippen LogP contribution in [0.5, 0.6) is 0 Å². The summed E-state index contributed by atoms with van der Waals surface area (Å²) in [4.78, 5) is 11.0. The lowest BCUT2D eigenvalue weighted by atomic mass is 10.0. The van der Waals surface area contributed by atoms with Crippen molar-refractivity contribution in [1.82, 2.24) is 0 Å². The zero-order valence-corrected chi connectivity index (χ0v) is 7.44. The zero-order chi connectivity index (χ0) is 9.35. The van der Waals surface area contributed by atoms with Gasteiger partial charge in [0, 0.05) is 17.6 Å². The fourth-order valence-corrected chi connectivity index (χ4v) is 1.78. The van der Waals surface area contributed by atoms with Crippen molar-refractivity contribution in [3.8, 4) is 0 Å². The van der Waals surface area contributed by atoms with Crippen LogP contribution in [0.15, 0.2) is 11.0 Å². The third-order valence-electron chi connectivity index (χ3n) is 1.68. The zero-order valence-electron chi connectivity index (χ0n) is 6.62. The van der Waals surface area contributed by atoms with Crippen molar-refractivity contribution in [3.63, 3.8) is 0 Å². The van der Waals surface area contributed by atoms with Gasteiger partial charge in [-0.25, -0.2) is 8.42 Å². The molecule has 1 rings (SSSR count). The van der Waals surface area contributed by atoms with Gasteiger partial charge >= 0.3 is 0 Å². The van der Waals surface area contributed by atoms with Crippen LogP contribution < -0.4 is 0 Å². The highest BCUT2D eigenvalue weighted by Crippen LogP contribution is 2.17. The number of ketones is 1. The fraction of sp³-hybridized carbons (Fsp3) is 0.429. The fourth-order valence-electron chi connectivity index (χ4n) is 0.977. The van der Waals surface area contributed by atoms with Gasteiger partial charge in [0.2, 0.25) is 0 Å². The van der Waals surface area contributed by atoms with Crippen molar-refractivity contribution < 1.29 is 13.2 Å². The Morgan fingerprint density at radius 1 is 1.42 bits per heavy atom. The second-order valence-corrected chi connectivity index (χ2v) is 4.79. The van der Waals surface area contributed by atoms with Crippen LogP contribution in [-0.4, -0.2) is 26.2 Å². The van der Waals surface area contributed by atoms with Crippen molar-refractivity contribution in [2.45, 2.75) is 12.8 Å². The molecule has 0 saturated heterocycles. The molecule has 0 aromatic rings. The van der Waals surface area contributed by atoms with Crippen LogP contribution in [0.2, 0.25) is 0 Å². The van der Waals surface area contributed by atoms with E-state index in [0.717, 1.165) is 12.3 Å². The molecule has 0 unspecified atom stereocenters. The number of hydrogen-bond acceptors (Lipinski definition) is 4. The van der Waals surface area contributed by atoms with Gasteiger partial charge in [0.1, 0.15) is 0 Å². The number of sulfone groups is 1. The van der Waals surface area contributed by atoms with Crippen LogP contribution in [0, 0.1) is 5.41 Å². The average molecular weight is 187 g/mol. The lowest BCUT2D eigenvalue weighted by Gasteiger charge is -2.09. The molecule has 0 aromatic carbocycles. The van der Waals surface area contributed by atoms with Crippen LogP contribution in [0.4, 0.5) is 0 Å². The minimum Gasteiger partial charge on any atom is -0.297 e. The van der Waals surface area contributed by atoms with Crippen LogP contribution in [-0.2, 0) is 14.6 Å². The molecule has 0 aliphatic heterocycles. The molecule has 0 fully saturated rings. The minimum absolute atomic E-state index is 0.137. The molecule has 0 aromatic heterocycles. The summed E-state index contributed by atoms with van der Waals surface area (Å²) < 4.78 is 21.9. The van der Waals surface area contributed by atoms with Crippen molar-refractivity contribution in [1.29, 1.82) is 5.41 Å². The number of nitrogens with one attached hydrogen (secondary N) is 1. The molecule has 0 bridgehead atoms. The van der Waals surface area contributed by atoms with Crippen molar-refractivity contribution in [2.75, 3.05) is 6.26 Å². The van der Waals surface area contributed by atoms with Gasteiger partial charge in [0.15, 0.2) is 15.6 Å². The van der Waals surface area contributed by atoms with Gasteiger partial charge in [-0.05, 0) is 12.5 Å². The maximum absolute atomic E-state index is 11.0. The van der Waals surface area contributed by atoms with E-state index < -0.39 is 9.84 Å². The first-order chi connectivity index (χ1) is 5.41.